The van der Waals surface area contributed by atoms with Crippen molar-refractivity contribution >= 4 is 27.2 Å². The fourth-order valence-electron chi connectivity index (χ4n) is 3.42. The van der Waals surface area contributed by atoms with E-state index in [1.54, 1.807) is 30.6 Å². The molecule has 8 nitrogen and oxygen atoms in total. The van der Waals surface area contributed by atoms with Crippen LogP contribution in [0.4, 0.5) is 5.82 Å². The lowest BCUT2D eigenvalue weighted by Gasteiger charge is -2.33. The van der Waals surface area contributed by atoms with E-state index in [-0.39, 0.29) is 11.6 Å². The van der Waals surface area contributed by atoms with Gasteiger partial charge in [0, 0.05) is 42.1 Å². The number of H-pyrrole nitrogens is 1. The average molecular weight is 446 g/mol. The molecule has 0 amide bonds. The molecule has 4 heterocycles. The van der Waals surface area contributed by atoms with Gasteiger partial charge in [-0.05, 0) is 50.3 Å². The molecule has 0 aliphatic carbocycles. The molecule has 158 valence electrons. The van der Waals surface area contributed by atoms with Gasteiger partial charge in [0.1, 0.15) is 15.9 Å². The second-order valence-corrected chi connectivity index (χ2v) is 10.2. The summed E-state index contributed by atoms with van der Waals surface area (Å²) in [5.74, 6) is 1.33. The molecule has 2 N–H and O–H groups in total. The van der Waals surface area contributed by atoms with Crippen LogP contribution in [0, 0.1) is 13.8 Å². The third-order valence-electron chi connectivity index (χ3n) is 5.32. The van der Waals surface area contributed by atoms with Gasteiger partial charge in [0.05, 0.1) is 0 Å². The minimum Gasteiger partial charge on any atom is -0.357 e. The molecular weight excluding hydrogens is 422 g/mol. The Hall–Kier alpha value is -2.56. The van der Waals surface area contributed by atoms with Crippen LogP contribution in [0.25, 0.3) is 11.4 Å². The van der Waals surface area contributed by atoms with Gasteiger partial charge in [0.25, 0.3) is 5.56 Å². The average Bonchev–Trinajstić information content (AvgIpc) is 3.28. The van der Waals surface area contributed by atoms with Crippen molar-refractivity contribution in [1.82, 2.24) is 19.7 Å². The molecule has 10 heteroatoms. The summed E-state index contributed by atoms with van der Waals surface area (Å²) in [6, 6.07) is 7.06. The first kappa shape index (κ1) is 20.7. The Labute approximate surface area is 179 Å². The van der Waals surface area contributed by atoms with E-state index in [2.05, 4.69) is 24.6 Å². The van der Waals surface area contributed by atoms with Gasteiger partial charge < -0.3 is 9.88 Å². The van der Waals surface area contributed by atoms with Crippen molar-refractivity contribution in [2.75, 3.05) is 18.0 Å². The standard InChI is InChI=1S/C20H23N5O3S2/c1-13-14(2)22-19(23-20(13)26)15-5-6-17(21-12-15)25-9-7-16(8-10-25)24-30(27,28)18-4-3-11-29-18/h3-6,11-12,16,24H,7-10H2,1-2H3,(H,22,23,26). The maximum Gasteiger partial charge on any atom is 0.254 e. The summed E-state index contributed by atoms with van der Waals surface area (Å²) in [5, 5.41) is 1.76. The van der Waals surface area contributed by atoms with Gasteiger partial charge in [-0.25, -0.2) is 23.1 Å². The van der Waals surface area contributed by atoms with E-state index in [1.165, 1.54) is 11.3 Å². The number of aromatic amines is 1. The Morgan fingerprint density at radius 1 is 1.20 bits per heavy atom. The van der Waals surface area contributed by atoms with Crippen molar-refractivity contribution in [3.63, 3.8) is 0 Å². The van der Waals surface area contributed by atoms with Crippen molar-refractivity contribution < 1.29 is 8.42 Å². The molecule has 3 aromatic heterocycles. The van der Waals surface area contributed by atoms with Crippen LogP contribution >= 0.6 is 11.3 Å². The number of aryl methyl sites for hydroxylation is 1. The SMILES string of the molecule is Cc1nc(-c2ccc(N3CCC(NS(=O)(=O)c4cccs4)CC3)nc2)[nH]c(=O)c1C. The number of hydrogen-bond acceptors (Lipinski definition) is 7. The normalized spacial score (nSPS) is 15.5. The third kappa shape index (κ3) is 4.30. The summed E-state index contributed by atoms with van der Waals surface area (Å²) in [5.41, 5.74) is 1.91. The van der Waals surface area contributed by atoms with E-state index < -0.39 is 10.0 Å². The number of hydrogen-bond donors (Lipinski definition) is 2. The lowest BCUT2D eigenvalue weighted by atomic mass is 10.1. The zero-order valence-electron chi connectivity index (χ0n) is 16.8. The highest BCUT2D eigenvalue weighted by molar-refractivity contribution is 7.91. The minimum absolute atomic E-state index is 0.0857. The summed E-state index contributed by atoms with van der Waals surface area (Å²) < 4.78 is 27.9. The van der Waals surface area contributed by atoms with Gasteiger partial charge in [-0.3, -0.25) is 4.79 Å². The van der Waals surface area contributed by atoms with Crippen LogP contribution in [-0.4, -0.2) is 42.5 Å². The molecule has 0 spiro atoms. The minimum atomic E-state index is -3.45. The summed E-state index contributed by atoms with van der Waals surface area (Å²) >= 11 is 1.22. The van der Waals surface area contributed by atoms with Crippen LogP contribution < -0.4 is 15.2 Å². The van der Waals surface area contributed by atoms with E-state index in [4.69, 9.17) is 0 Å². The number of nitrogens with one attached hydrogen (secondary N) is 2. The van der Waals surface area contributed by atoms with E-state index in [9.17, 15) is 13.2 Å². The zero-order valence-corrected chi connectivity index (χ0v) is 18.4. The predicted molar refractivity (Wildman–Crippen MR) is 117 cm³/mol. The quantitative estimate of drug-likeness (QED) is 0.625. The molecular formula is C20H23N5O3S2. The van der Waals surface area contributed by atoms with Crippen LogP contribution in [-0.2, 0) is 10.0 Å². The molecule has 0 saturated carbocycles. The number of anilines is 1. The lowest BCUT2D eigenvalue weighted by molar-refractivity contribution is 0.459. The molecule has 1 aliphatic rings. The van der Waals surface area contributed by atoms with Gasteiger partial charge >= 0.3 is 0 Å². The number of sulfonamides is 1. The first-order chi connectivity index (χ1) is 14.3. The lowest BCUT2D eigenvalue weighted by Crippen LogP contribution is -2.44. The molecule has 0 unspecified atom stereocenters. The first-order valence-corrected chi connectivity index (χ1v) is 12.0. The van der Waals surface area contributed by atoms with E-state index in [0.29, 0.717) is 47.2 Å². The largest absolute Gasteiger partial charge is 0.357 e. The van der Waals surface area contributed by atoms with E-state index >= 15 is 0 Å². The molecule has 0 aromatic carbocycles. The summed E-state index contributed by atoms with van der Waals surface area (Å²) in [6.07, 6.45) is 3.12. The molecule has 30 heavy (non-hydrogen) atoms. The molecule has 0 radical (unpaired) electrons. The van der Waals surface area contributed by atoms with Crippen molar-refractivity contribution in [2.24, 2.45) is 0 Å². The van der Waals surface area contributed by atoms with Gasteiger partial charge in [0.15, 0.2) is 0 Å². The zero-order chi connectivity index (χ0) is 21.3. The van der Waals surface area contributed by atoms with Gasteiger partial charge in [0.2, 0.25) is 10.0 Å². The van der Waals surface area contributed by atoms with Crippen LogP contribution in [0.2, 0.25) is 0 Å². The second kappa shape index (κ2) is 8.29. The van der Waals surface area contributed by atoms with Crippen molar-refractivity contribution in [2.45, 2.75) is 36.9 Å². The summed E-state index contributed by atoms with van der Waals surface area (Å²) in [6.45, 7) is 4.98. The molecule has 0 atom stereocenters. The maximum atomic E-state index is 12.4. The number of piperidine rings is 1. The van der Waals surface area contributed by atoms with Crippen LogP contribution in [0.1, 0.15) is 24.1 Å². The molecule has 4 rings (SSSR count). The van der Waals surface area contributed by atoms with Gasteiger partial charge in [-0.2, -0.15) is 0 Å². The Kier molecular flexibility index (Phi) is 5.72. The highest BCUT2D eigenvalue weighted by atomic mass is 32.2. The maximum absolute atomic E-state index is 12.4. The molecule has 1 aliphatic heterocycles. The van der Waals surface area contributed by atoms with Crippen molar-refractivity contribution in [3.8, 4) is 11.4 Å². The van der Waals surface area contributed by atoms with Crippen molar-refractivity contribution in [1.29, 1.82) is 0 Å². The molecule has 3 aromatic rings. The van der Waals surface area contributed by atoms with E-state index in [1.807, 2.05) is 19.1 Å². The summed E-state index contributed by atoms with van der Waals surface area (Å²) in [4.78, 5) is 25.9. The van der Waals surface area contributed by atoms with Gasteiger partial charge in [-0.15, -0.1) is 11.3 Å². The predicted octanol–water partition coefficient (Wildman–Crippen LogP) is 2.46. The van der Waals surface area contributed by atoms with Crippen LogP contribution in [0.5, 0.6) is 0 Å². The third-order valence-corrected chi connectivity index (χ3v) is 8.23. The number of rotatable bonds is 5. The number of thiophene rings is 1. The van der Waals surface area contributed by atoms with Crippen LogP contribution in [0.15, 0.2) is 44.8 Å². The monoisotopic (exact) mass is 445 g/mol. The summed E-state index contributed by atoms with van der Waals surface area (Å²) in [7, 11) is -3.45. The second-order valence-electron chi connectivity index (χ2n) is 7.34. The fourth-order valence-corrected chi connectivity index (χ4v) is 5.73. The Morgan fingerprint density at radius 3 is 2.57 bits per heavy atom. The number of nitrogens with zero attached hydrogens (tertiary/aromatic N) is 3. The molecule has 0 bridgehead atoms. The number of pyridine rings is 1. The number of aromatic nitrogens is 3. The smallest absolute Gasteiger partial charge is 0.254 e. The van der Waals surface area contributed by atoms with Crippen LogP contribution in [0.3, 0.4) is 0 Å². The molecule has 1 fully saturated rings. The van der Waals surface area contributed by atoms with Gasteiger partial charge in [-0.1, -0.05) is 6.07 Å². The van der Waals surface area contributed by atoms with Crippen molar-refractivity contribution in [3.05, 3.63) is 57.5 Å². The molecule has 1 saturated heterocycles. The first-order valence-electron chi connectivity index (χ1n) is 9.68. The Morgan fingerprint density at radius 2 is 1.97 bits per heavy atom. The highest BCUT2D eigenvalue weighted by Crippen LogP contribution is 2.23. The Bertz CT molecular complexity index is 1180. The Balaban J connectivity index is 1.40. The topological polar surface area (TPSA) is 108 Å². The van der Waals surface area contributed by atoms with E-state index in [0.717, 1.165) is 11.4 Å². The fraction of sp³-hybridized carbons (Fsp3) is 0.350. The highest BCUT2D eigenvalue weighted by Gasteiger charge is 2.25.